The second-order valence-corrected chi connectivity index (χ2v) is 7.14. The van der Waals surface area contributed by atoms with E-state index >= 15 is 0 Å². The SMILES string of the molecule is CCCCC(CCC)NS(=O)(=O)c1cccc(CNC)c1. The second kappa shape index (κ2) is 9.18. The lowest BCUT2D eigenvalue weighted by atomic mass is 10.1. The molecule has 2 N–H and O–H groups in total. The molecule has 0 radical (unpaired) electrons. The fourth-order valence-electron chi connectivity index (χ4n) is 2.38. The molecule has 0 saturated heterocycles. The molecule has 0 aliphatic rings. The Bertz CT molecular complexity index is 515. The van der Waals surface area contributed by atoms with E-state index in [-0.39, 0.29) is 6.04 Å². The molecule has 5 heteroatoms. The number of hydrogen-bond acceptors (Lipinski definition) is 3. The van der Waals surface area contributed by atoms with Crippen LogP contribution in [-0.4, -0.2) is 21.5 Å². The minimum atomic E-state index is -3.43. The Morgan fingerprint density at radius 1 is 1.14 bits per heavy atom. The molecule has 0 fully saturated rings. The van der Waals surface area contributed by atoms with Crippen molar-refractivity contribution in [3.8, 4) is 0 Å². The van der Waals surface area contributed by atoms with E-state index in [1.54, 1.807) is 18.2 Å². The van der Waals surface area contributed by atoms with Crippen LogP contribution in [0.4, 0.5) is 0 Å². The third-order valence-corrected chi connectivity index (χ3v) is 4.97. The fraction of sp³-hybridized carbons (Fsp3) is 0.625. The van der Waals surface area contributed by atoms with E-state index < -0.39 is 10.0 Å². The highest BCUT2D eigenvalue weighted by Gasteiger charge is 2.19. The summed E-state index contributed by atoms with van der Waals surface area (Å²) in [5.74, 6) is 0. The van der Waals surface area contributed by atoms with Gasteiger partial charge in [0.05, 0.1) is 4.90 Å². The smallest absolute Gasteiger partial charge is 0.240 e. The van der Waals surface area contributed by atoms with Crippen molar-refractivity contribution in [1.29, 1.82) is 0 Å². The van der Waals surface area contributed by atoms with E-state index in [4.69, 9.17) is 0 Å². The van der Waals surface area contributed by atoms with Gasteiger partial charge in [-0.05, 0) is 37.6 Å². The standard InChI is InChI=1S/C16H28N2O2S/c1-4-6-10-15(8-5-2)18-21(19,20)16-11-7-9-14(12-16)13-17-3/h7,9,11-12,15,17-18H,4-6,8,10,13H2,1-3H3. The number of hydrogen-bond donors (Lipinski definition) is 2. The summed E-state index contributed by atoms with van der Waals surface area (Å²) in [6.45, 7) is 4.87. The van der Waals surface area contributed by atoms with E-state index in [2.05, 4.69) is 23.9 Å². The zero-order valence-corrected chi connectivity index (χ0v) is 14.2. The summed E-state index contributed by atoms with van der Waals surface area (Å²) in [5, 5.41) is 3.04. The predicted molar refractivity (Wildman–Crippen MR) is 87.7 cm³/mol. The molecule has 0 aliphatic heterocycles. The molecule has 1 aromatic rings. The van der Waals surface area contributed by atoms with Crippen LogP contribution in [0.2, 0.25) is 0 Å². The Kier molecular flexibility index (Phi) is 7.93. The summed E-state index contributed by atoms with van der Waals surface area (Å²) in [5.41, 5.74) is 0.973. The molecule has 0 bridgehead atoms. The van der Waals surface area contributed by atoms with E-state index in [0.29, 0.717) is 11.4 Å². The maximum atomic E-state index is 12.5. The summed E-state index contributed by atoms with van der Waals surface area (Å²) < 4.78 is 27.9. The van der Waals surface area contributed by atoms with Crippen LogP contribution in [0.1, 0.15) is 51.5 Å². The summed E-state index contributed by atoms with van der Waals surface area (Å²) in [6.07, 6.45) is 4.90. The van der Waals surface area contributed by atoms with Crippen molar-refractivity contribution in [1.82, 2.24) is 10.0 Å². The van der Waals surface area contributed by atoms with Crippen LogP contribution in [0, 0.1) is 0 Å². The zero-order chi connectivity index (χ0) is 15.7. The van der Waals surface area contributed by atoms with Gasteiger partial charge in [-0.2, -0.15) is 0 Å². The van der Waals surface area contributed by atoms with Crippen molar-refractivity contribution < 1.29 is 8.42 Å². The Morgan fingerprint density at radius 2 is 1.90 bits per heavy atom. The van der Waals surface area contributed by atoms with E-state index in [1.165, 1.54) is 0 Å². The molecular weight excluding hydrogens is 284 g/mol. The molecule has 0 amide bonds. The van der Waals surface area contributed by atoms with Gasteiger partial charge in [-0.3, -0.25) is 0 Å². The number of benzene rings is 1. The van der Waals surface area contributed by atoms with Crippen molar-refractivity contribution >= 4 is 10.0 Å². The summed E-state index contributed by atoms with van der Waals surface area (Å²) in [4.78, 5) is 0.354. The van der Waals surface area contributed by atoms with Gasteiger partial charge in [0.15, 0.2) is 0 Å². The van der Waals surface area contributed by atoms with Gasteiger partial charge in [-0.15, -0.1) is 0 Å². The van der Waals surface area contributed by atoms with Crippen LogP contribution in [0.15, 0.2) is 29.2 Å². The molecule has 0 spiro atoms. The van der Waals surface area contributed by atoms with E-state index in [1.807, 2.05) is 13.1 Å². The van der Waals surface area contributed by atoms with Crippen LogP contribution >= 0.6 is 0 Å². The van der Waals surface area contributed by atoms with E-state index in [0.717, 1.165) is 37.7 Å². The molecule has 0 saturated carbocycles. The van der Waals surface area contributed by atoms with Crippen LogP contribution in [0.5, 0.6) is 0 Å². The molecule has 0 aliphatic carbocycles. The summed E-state index contributed by atoms with van der Waals surface area (Å²) in [7, 11) is -1.58. The van der Waals surface area contributed by atoms with Crippen LogP contribution < -0.4 is 10.0 Å². The average Bonchev–Trinajstić information content (AvgIpc) is 2.45. The lowest BCUT2D eigenvalue weighted by molar-refractivity contribution is 0.483. The van der Waals surface area contributed by atoms with Crippen molar-refractivity contribution in [2.24, 2.45) is 0 Å². The molecule has 4 nitrogen and oxygen atoms in total. The van der Waals surface area contributed by atoms with Crippen molar-refractivity contribution in [2.45, 2.75) is 63.4 Å². The lowest BCUT2D eigenvalue weighted by Crippen LogP contribution is -2.34. The Morgan fingerprint density at radius 3 is 2.52 bits per heavy atom. The maximum absolute atomic E-state index is 12.5. The van der Waals surface area contributed by atoms with Gasteiger partial charge in [0, 0.05) is 12.6 Å². The minimum absolute atomic E-state index is 0.0351. The average molecular weight is 312 g/mol. The molecule has 1 atom stereocenters. The highest BCUT2D eigenvalue weighted by Crippen LogP contribution is 2.15. The molecule has 120 valence electrons. The molecule has 1 rings (SSSR count). The molecule has 1 unspecified atom stereocenters. The van der Waals surface area contributed by atoms with Gasteiger partial charge < -0.3 is 5.32 Å². The van der Waals surface area contributed by atoms with Crippen LogP contribution in [0.25, 0.3) is 0 Å². The third kappa shape index (κ3) is 6.16. The molecular formula is C16H28N2O2S. The minimum Gasteiger partial charge on any atom is -0.316 e. The number of sulfonamides is 1. The molecule has 1 aromatic carbocycles. The van der Waals surface area contributed by atoms with Gasteiger partial charge in [-0.25, -0.2) is 13.1 Å². The summed E-state index contributed by atoms with van der Waals surface area (Å²) in [6, 6.07) is 7.15. The van der Waals surface area contributed by atoms with Crippen molar-refractivity contribution in [3.63, 3.8) is 0 Å². The van der Waals surface area contributed by atoms with Gasteiger partial charge in [0.25, 0.3) is 0 Å². The monoisotopic (exact) mass is 312 g/mol. The van der Waals surface area contributed by atoms with Gasteiger partial charge in [0.1, 0.15) is 0 Å². The highest BCUT2D eigenvalue weighted by atomic mass is 32.2. The van der Waals surface area contributed by atoms with Crippen LogP contribution in [0.3, 0.4) is 0 Å². The molecule has 0 heterocycles. The first-order chi connectivity index (χ1) is 10.0. The third-order valence-electron chi connectivity index (χ3n) is 3.45. The Hall–Kier alpha value is -0.910. The van der Waals surface area contributed by atoms with Crippen LogP contribution in [-0.2, 0) is 16.6 Å². The van der Waals surface area contributed by atoms with Crippen molar-refractivity contribution in [2.75, 3.05) is 7.05 Å². The largest absolute Gasteiger partial charge is 0.316 e. The quantitative estimate of drug-likeness (QED) is 0.698. The first-order valence-corrected chi connectivity index (χ1v) is 9.27. The van der Waals surface area contributed by atoms with Gasteiger partial charge in [0.2, 0.25) is 10.0 Å². The number of nitrogens with one attached hydrogen (secondary N) is 2. The Labute approximate surface area is 129 Å². The first-order valence-electron chi connectivity index (χ1n) is 7.79. The number of rotatable bonds is 10. The molecule has 0 aromatic heterocycles. The normalized spacial score (nSPS) is 13.3. The molecule has 21 heavy (non-hydrogen) atoms. The maximum Gasteiger partial charge on any atom is 0.240 e. The predicted octanol–water partition coefficient (Wildman–Crippen LogP) is 3.04. The van der Waals surface area contributed by atoms with Crippen molar-refractivity contribution in [3.05, 3.63) is 29.8 Å². The van der Waals surface area contributed by atoms with E-state index in [9.17, 15) is 8.42 Å². The lowest BCUT2D eigenvalue weighted by Gasteiger charge is -2.18. The summed E-state index contributed by atoms with van der Waals surface area (Å²) >= 11 is 0. The number of unbranched alkanes of at least 4 members (excludes halogenated alkanes) is 1. The second-order valence-electron chi connectivity index (χ2n) is 5.43. The fourth-order valence-corrected chi connectivity index (χ4v) is 3.75. The van der Waals surface area contributed by atoms with Gasteiger partial charge >= 0.3 is 0 Å². The van der Waals surface area contributed by atoms with Gasteiger partial charge in [-0.1, -0.05) is 45.2 Å². The topological polar surface area (TPSA) is 58.2 Å². The highest BCUT2D eigenvalue weighted by molar-refractivity contribution is 7.89. The zero-order valence-electron chi connectivity index (χ0n) is 13.4. The first kappa shape index (κ1) is 18.1. The Balaban J connectivity index is 2.85.